The molecule has 0 aliphatic heterocycles. The number of unbranched alkanes of at least 4 members (excludes halogenated alkanes) is 13. The van der Waals surface area contributed by atoms with Gasteiger partial charge in [0.25, 0.3) is 5.91 Å². The van der Waals surface area contributed by atoms with Crippen LogP contribution < -0.4 is 10.1 Å². The van der Waals surface area contributed by atoms with Crippen molar-refractivity contribution < 1.29 is 19.1 Å². The van der Waals surface area contributed by atoms with E-state index in [0.717, 1.165) is 12.8 Å². The molecule has 1 N–H and O–H groups in total. The number of carbonyl (C=O) groups is 2. The van der Waals surface area contributed by atoms with E-state index in [4.69, 9.17) is 9.47 Å². The monoisotopic (exact) mass is 475 g/mol. The highest BCUT2D eigenvalue weighted by atomic mass is 16.5. The molecule has 1 amide bonds. The molecule has 1 unspecified atom stereocenters. The van der Waals surface area contributed by atoms with Crippen LogP contribution >= 0.6 is 0 Å². The first-order valence-corrected chi connectivity index (χ1v) is 13.6. The summed E-state index contributed by atoms with van der Waals surface area (Å²) in [5.74, 6) is -0.279. The molecule has 5 nitrogen and oxygen atoms in total. The van der Waals surface area contributed by atoms with Crippen molar-refractivity contribution in [1.29, 1.82) is 0 Å². The smallest absolute Gasteiger partial charge is 0.328 e. The van der Waals surface area contributed by atoms with Crippen LogP contribution in [0.5, 0.6) is 5.75 Å². The molecule has 1 aromatic carbocycles. The number of para-hydroxylation sites is 1. The maximum Gasteiger partial charge on any atom is 0.328 e. The number of esters is 1. The number of amides is 1. The molecular formula is C29H49NO4. The van der Waals surface area contributed by atoms with Crippen molar-refractivity contribution in [2.75, 3.05) is 13.7 Å². The van der Waals surface area contributed by atoms with E-state index in [0.29, 0.717) is 17.9 Å². The second-order valence-electron chi connectivity index (χ2n) is 9.66. The number of hydrogen-bond acceptors (Lipinski definition) is 4. The topological polar surface area (TPSA) is 64.6 Å². The maximum atomic E-state index is 12.7. The van der Waals surface area contributed by atoms with Crippen molar-refractivity contribution in [3.8, 4) is 5.75 Å². The van der Waals surface area contributed by atoms with Crippen LogP contribution in [0, 0.1) is 5.92 Å². The van der Waals surface area contributed by atoms with Gasteiger partial charge in [0.15, 0.2) is 0 Å². The van der Waals surface area contributed by atoms with Gasteiger partial charge in [-0.3, -0.25) is 4.79 Å². The van der Waals surface area contributed by atoms with Crippen LogP contribution in [-0.2, 0) is 9.53 Å². The van der Waals surface area contributed by atoms with Gasteiger partial charge in [-0.15, -0.1) is 0 Å². The quantitative estimate of drug-likeness (QED) is 0.157. The Hall–Kier alpha value is -2.04. The van der Waals surface area contributed by atoms with Crippen molar-refractivity contribution in [2.24, 2.45) is 5.92 Å². The minimum Gasteiger partial charge on any atom is -0.496 e. The summed E-state index contributed by atoms with van der Waals surface area (Å²) in [6.07, 6.45) is 18.1. The number of carbonyl (C=O) groups excluding carboxylic acids is 2. The third kappa shape index (κ3) is 13.0. The highest BCUT2D eigenvalue weighted by molar-refractivity contribution is 5.99. The van der Waals surface area contributed by atoms with Crippen molar-refractivity contribution in [1.82, 2.24) is 5.32 Å². The van der Waals surface area contributed by atoms with Gasteiger partial charge in [0.1, 0.15) is 11.8 Å². The summed E-state index contributed by atoms with van der Waals surface area (Å²) in [5, 5.41) is 2.82. The van der Waals surface area contributed by atoms with Gasteiger partial charge < -0.3 is 14.8 Å². The van der Waals surface area contributed by atoms with Gasteiger partial charge >= 0.3 is 5.97 Å². The fraction of sp³-hybridized carbons (Fsp3) is 0.724. The molecule has 0 spiro atoms. The summed E-state index contributed by atoms with van der Waals surface area (Å²) in [6.45, 7) is 6.48. The van der Waals surface area contributed by atoms with E-state index in [-0.39, 0.29) is 17.8 Å². The second-order valence-corrected chi connectivity index (χ2v) is 9.66. The number of methoxy groups -OCH3 is 1. The molecule has 0 bridgehead atoms. The average molecular weight is 476 g/mol. The van der Waals surface area contributed by atoms with Crippen molar-refractivity contribution in [2.45, 2.75) is 117 Å². The number of ether oxygens (including phenoxy) is 2. The molecule has 0 aromatic heterocycles. The molecular weight excluding hydrogens is 426 g/mol. The van der Waals surface area contributed by atoms with Crippen molar-refractivity contribution in [3.63, 3.8) is 0 Å². The molecule has 0 aliphatic carbocycles. The molecule has 194 valence electrons. The summed E-state index contributed by atoms with van der Waals surface area (Å²) in [7, 11) is 1.52. The average Bonchev–Trinajstić information content (AvgIpc) is 2.84. The van der Waals surface area contributed by atoms with Crippen molar-refractivity contribution >= 4 is 11.9 Å². The Kier molecular flexibility index (Phi) is 17.0. The second kappa shape index (κ2) is 19.3. The van der Waals surface area contributed by atoms with E-state index >= 15 is 0 Å². The first-order chi connectivity index (χ1) is 16.5. The Bertz CT molecular complexity index is 674. The first-order valence-electron chi connectivity index (χ1n) is 13.6. The molecule has 0 fully saturated rings. The Balaban J connectivity index is 2.13. The first kappa shape index (κ1) is 30.0. The predicted octanol–water partition coefficient (Wildman–Crippen LogP) is 7.47. The standard InChI is InChI=1S/C29H49NO4/c1-5-6-7-8-9-10-11-12-13-14-15-16-17-20-23-34-29(32)27(24(2)3)30-28(31)25-21-18-19-22-26(25)33-4/h18-19,21-22,24,27H,5-17,20,23H2,1-4H3,(H,30,31). The van der Waals surface area contributed by atoms with E-state index in [9.17, 15) is 9.59 Å². The van der Waals surface area contributed by atoms with Gasteiger partial charge in [-0.05, 0) is 24.5 Å². The van der Waals surface area contributed by atoms with E-state index < -0.39 is 6.04 Å². The summed E-state index contributed by atoms with van der Waals surface area (Å²) in [4.78, 5) is 25.2. The molecule has 1 atom stereocenters. The number of rotatable bonds is 20. The van der Waals surface area contributed by atoms with Crippen molar-refractivity contribution in [3.05, 3.63) is 29.8 Å². The van der Waals surface area contributed by atoms with Gasteiger partial charge in [0.05, 0.1) is 19.3 Å². The normalized spacial score (nSPS) is 11.9. The zero-order chi connectivity index (χ0) is 25.0. The SMILES string of the molecule is CCCCCCCCCCCCCCCCOC(=O)C(NC(=O)c1ccccc1OC)C(C)C. The maximum absolute atomic E-state index is 12.7. The predicted molar refractivity (Wildman–Crippen MR) is 140 cm³/mol. The molecule has 0 heterocycles. The van der Waals surface area contributed by atoms with Crippen LogP contribution in [0.1, 0.15) is 121 Å². The molecule has 0 saturated carbocycles. The minimum absolute atomic E-state index is 0.0671. The molecule has 34 heavy (non-hydrogen) atoms. The molecule has 0 aliphatic rings. The molecule has 0 saturated heterocycles. The van der Waals surface area contributed by atoms with E-state index in [1.807, 2.05) is 13.8 Å². The van der Waals surface area contributed by atoms with E-state index in [1.165, 1.54) is 84.2 Å². The Morgan fingerprint density at radius 2 is 1.29 bits per heavy atom. The number of benzene rings is 1. The molecule has 1 aromatic rings. The summed E-state index contributed by atoms with van der Waals surface area (Å²) < 4.78 is 10.7. The Labute approximate surface area is 208 Å². The lowest BCUT2D eigenvalue weighted by Crippen LogP contribution is -2.45. The highest BCUT2D eigenvalue weighted by Gasteiger charge is 2.27. The number of hydrogen-bond donors (Lipinski definition) is 1. The van der Waals surface area contributed by atoms with E-state index in [2.05, 4.69) is 12.2 Å². The third-order valence-corrected chi connectivity index (χ3v) is 6.30. The zero-order valence-electron chi connectivity index (χ0n) is 22.2. The van der Waals surface area contributed by atoms with Crippen LogP contribution in [0.25, 0.3) is 0 Å². The van der Waals surface area contributed by atoms with E-state index in [1.54, 1.807) is 24.3 Å². The lowest BCUT2D eigenvalue weighted by Gasteiger charge is -2.21. The Morgan fingerprint density at radius 1 is 0.794 bits per heavy atom. The van der Waals surface area contributed by atoms with Crippen LogP contribution in [0.4, 0.5) is 0 Å². The summed E-state index contributed by atoms with van der Waals surface area (Å²) >= 11 is 0. The van der Waals surface area contributed by atoms with Crippen LogP contribution in [0.3, 0.4) is 0 Å². The van der Waals surface area contributed by atoms with Gasteiger partial charge in [-0.2, -0.15) is 0 Å². The molecule has 1 rings (SSSR count). The minimum atomic E-state index is -0.677. The summed E-state index contributed by atoms with van der Waals surface area (Å²) in [6, 6.07) is 6.32. The lowest BCUT2D eigenvalue weighted by atomic mass is 10.0. The van der Waals surface area contributed by atoms with Gasteiger partial charge in [-0.1, -0.05) is 116 Å². The van der Waals surface area contributed by atoms with Crippen LogP contribution in [-0.4, -0.2) is 31.6 Å². The van der Waals surface area contributed by atoms with Gasteiger partial charge in [0.2, 0.25) is 0 Å². The molecule has 5 heteroatoms. The lowest BCUT2D eigenvalue weighted by molar-refractivity contribution is -0.147. The summed E-state index contributed by atoms with van der Waals surface area (Å²) in [5.41, 5.74) is 0.412. The third-order valence-electron chi connectivity index (χ3n) is 6.30. The largest absolute Gasteiger partial charge is 0.496 e. The van der Waals surface area contributed by atoms with Crippen LogP contribution in [0.15, 0.2) is 24.3 Å². The van der Waals surface area contributed by atoms with Gasteiger partial charge in [-0.25, -0.2) is 4.79 Å². The fourth-order valence-electron chi connectivity index (χ4n) is 4.11. The molecule has 0 radical (unpaired) electrons. The Morgan fingerprint density at radius 3 is 1.79 bits per heavy atom. The zero-order valence-corrected chi connectivity index (χ0v) is 22.2. The number of nitrogens with one attached hydrogen (secondary N) is 1. The van der Waals surface area contributed by atoms with Crippen LogP contribution in [0.2, 0.25) is 0 Å². The fourth-order valence-corrected chi connectivity index (χ4v) is 4.11. The highest BCUT2D eigenvalue weighted by Crippen LogP contribution is 2.18. The van der Waals surface area contributed by atoms with Gasteiger partial charge in [0, 0.05) is 0 Å².